The number of ketones is 2. The van der Waals surface area contributed by atoms with E-state index in [1.807, 2.05) is 0 Å². The summed E-state index contributed by atoms with van der Waals surface area (Å²) >= 11 is 0. The lowest BCUT2D eigenvalue weighted by Crippen LogP contribution is -2.64. The average Bonchev–Trinajstić information content (AvgIpc) is 1.50. The highest BCUT2D eigenvalue weighted by atomic mass is 16.7. The number of nitrogens with zero attached hydrogens (tertiary/aromatic N) is 1. The van der Waals surface area contributed by atoms with Gasteiger partial charge in [0.2, 0.25) is 47.3 Å². The predicted octanol–water partition coefficient (Wildman–Crippen LogP) is -0.834. The van der Waals surface area contributed by atoms with Crippen LogP contribution >= 0.6 is 0 Å². The van der Waals surface area contributed by atoms with Crippen molar-refractivity contribution in [1.29, 1.82) is 0 Å². The fourth-order valence-corrected chi connectivity index (χ4v) is 16.0. The van der Waals surface area contributed by atoms with Gasteiger partial charge in [-0.1, -0.05) is 44.9 Å². The van der Waals surface area contributed by atoms with Gasteiger partial charge in [0.25, 0.3) is 0 Å². The fraction of sp³-hybridized carbons (Fsp3) is 0.856. The molecule has 17 atom stereocenters. The van der Waals surface area contributed by atoms with E-state index in [0.717, 1.165) is 32.1 Å². The normalized spacial score (nSPS) is 23.5. The number of alkyl carbamates (subject to hydrolysis) is 3. The van der Waals surface area contributed by atoms with Crippen LogP contribution in [-0.4, -0.2) is 390 Å². The van der Waals surface area contributed by atoms with Crippen LogP contribution in [0.15, 0.2) is 0 Å². The molecule has 0 aromatic carbocycles. The quantitative estimate of drug-likeness (QED) is 0.0261. The maximum Gasteiger partial charge on any atom is 0.407 e. The predicted molar refractivity (Wildman–Crippen MR) is 484 cm³/mol. The molecule has 11 amide bonds. The number of aliphatic hydroxyl groups excluding tert-OH is 9. The molecule has 4 aliphatic heterocycles. The van der Waals surface area contributed by atoms with Crippen molar-refractivity contribution in [3.63, 3.8) is 0 Å². The van der Waals surface area contributed by atoms with E-state index >= 15 is 0 Å². The molecule has 19 N–H and O–H groups in total. The topological polar surface area (TPSA) is 648 Å². The first kappa shape index (κ1) is 120. The number of likely N-dealkylation sites (tertiary alicyclic amines) is 1. The lowest BCUT2D eigenvalue weighted by Gasteiger charge is -2.42. The minimum atomic E-state index is -1.47. The fourth-order valence-electron chi connectivity index (χ4n) is 16.0. The van der Waals surface area contributed by atoms with Crippen LogP contribution in [0.3, 0.4) is 0 Å². The number of carbonyl (C=O) groups excluding carboxylic acids is 13. The third-order valence-corrected chi connectivity index (χ3v) is 23.4. The van der Waals surface area contributed by atoms with Gasteiger partial charge in [-0.15, -0.1) is 0 Å². The minimum Gasteiger partial charge on any atom is -0.450 e. The summed E-state index contributed by atoms with van der Waals surface area (Å²) in [5.74, 6) is -3.00. The Bertz CT molecular complexity index is 3190. The Morgan fingerprint density at radius 1 is 0.360 bits per heavy atom. The monoisotopic (exact) mass is 1950 g/mol. The zero-order valence-corrected chi connectivity index (χ0v) is 80.1. The number of aliphatic hydroxyl groups is 9. The molecule has 0 saturated carbocycles. The van der Waals surface area contributed by atoms with E-state index in [0.29, 0.717) is 123 Å². The highest BCUT2D eigenvalue weighted by Gasteiger charge is 2.49. The molecule has 0 aromatic heterocycles. The van der Waals surface area contributed by atoms with E-state index in [-0.39, 0.29) is 217 Å². The number of rotatable bonds is 75. The molecule has 0 bridgehead atoms. The largest absolute Gasteiger partial charge is 0.450 e. The highest BCUT2D eigenvalue weighted by Crippen LogP contribution is 2.30. The average molecular weight is 1960 g/mol. The number of unbranched alkanes of at least 4 members (excludes halogenated alkanes) is 11. The Labute approximate surface area is 796 Å². The zero-order valence-electron chi connectivity index (χ0n) is 80.1. The summed E-state index contributed by atoms with van der Waals surface area (Å²) in [7, 11) is 3.21. The summed E-state index contributed by atoms with van der Waals surface area (Å²) < 4.78 is 72.5. The van der Waals surface area contributed by atoms with Crippen molar-refractivity contribution in [1.82, 2.24) is 58.1 Å². The summed E-state index contributed by atoms with van der Waals surface area (Å²) in [6.45, 7) is 4.58. The molecule has 784 valence electrons. The Morgan fingerprint density at radius 3 is 1.12 bits per heavy atom. The highest BCUT2D eigenvalue weighted by molar-refractivity contribution is 5.84. The molecule has 0 aromatic rings. The van der Waals surface area contributed by atoms with Crippen molar-refractivity contribution < 1.29 is 170 Å². The van der Waals surface area contributed by atoms with Gasteiger partial charge in [-0.2, -0.15) is 0 Å². The van der Waals surface area contributed by atoms with E-state index in [2.05, 4.69) is 53.2 Å². The maximum atomic E-state index is 14.1. The molecule has 136 heavy (non-hydrogen) atoms. The Balaban J connectivity index is 1.29. The van der Waals surface area contributed by atoms with E-state index in [4.69, 9.17) is 61.6 Å². The van der Waals surface area contributed by atoms with Crippen LogP contribution in [0.2, 0.25) is 0 Å². The zero-order chi connectivity index (χ0) is 99.8. The minimum absolute atomic E-state index is 0.00360. The molecule has 4 saturated heterocycles. The van der Waals surface area contributed by atoms with Crippen LogP contribution in [0, 0.1) is 0 Å². The van der Waals surface area contributed by atoms with Crippen molar-refractivity contribution in [2.75, 3.05) is 153 Å². The number of hydrogen-bond donors (Lipinski definition) is 19. The van der Waals surface area contributed by atoms with E-state index < -0.39 is 165 Å². The molecular weight excluding hydrogens is 1800 g/mol. The van der Waals surface area contributed by atoms with Crippen molar-refractivity contribution in [2.24, 2.45) is 0 Å². The molecule has 0 spiro atoms. The summed E-state index contributed by atoms with van der Waals surface area (Å²) in [4.78, 5) is 167. The first-order valence-corrected chi connectivity index (χ1v) is 48.2. The molecule has 4 heterocycles. The van der Waals surface area contributed by atoms with Gasteiger partial charge in [-0.25, -0.2) is 14.4 Å². The number of hydrogen-bond acceptors (Lipinski definition) is 35. The summed E-state index contributed by atoms with van der Waals surface area (Å²) in [5, 5.41) is 118. The van der Waals surface area contributed by atoms with Crippen LogP contribution < -0.4 is 53.2 Å². The van der Waals surface area contributed by atoms with Crippen LogP contribution in [-0.2, 0) is 110 Å². The summed E-state index contributed by atoms with van der Waals surface area (Å²) in [5.41, 5.74) is -1.10. The van der Waals surface area contributed by atoms with Gasteiger partial charge in [-0.3, -0.25) is 47.9 Å². The van der Waals surface area contributed by atoms with Crippen LogP contribution in [0.4, 0.5) is 14.4 Å². The second-order valence-corrected chi connectivity index (χ2v) is 34.6. The lowest BCUT2D eigenvalue weighted by atomic mass is 9.83. The number of nitrogens with one attached hydrogen (secondary N) is 10. The molecule has 0 aliphatic carbocycles. The van der Waals surface area contributed by atoms with Gasteiger partial charge >= 0.3 is 18.3 Å². The molecule has 4 fully saturated rings. The molecule has 15 unspecified atom stereocenters. The van der Waals surface area contributed by atoms with Crippen molar-refractivity contribution in [2.45, 2.75) is 342 Å². The summed E-state index contributed by atoms with van der Waals surface area (Å²) in [6.07, 6.45) is -4.23. The van der Waals surface area contributed by atoms with Gasteiger partial charge in [0.15, 0.2) is 24.7 Å². The number of amides is 11. The molecule has 46 nitrogen and oxygen atoms in total. The Kier molecular flexibility index (Phi) is 63.4. The molecule has 0 radical (unpaired) electrons. The van der Waals surface area contributed by atoms with E-state index in [9.17, 15) is 108 Å². The summed E-state index contributed by atoms with van der Waals surface area (Å²) in [6, 6.07) is -3.36. The second kappa shape index (κ2) is 71.6. The number of ether oxygens (including phenoxy) is 13. The van der Waals surface area contributed by atoms with Gasteiger partial charge in [0, 0.05) is 138 Å². The molecule has 4 rings (SSSR count). The maximum absolute atomic E-state index is 14.1. The number of methoxy groups -OCH3 is 2. The molecular formula is C90H159N11O35. The molecule has 4 aliphatic rings. The first-order chi connectivity index (χ1) is 65.4. The van der Waals surface area contributed by atoms with Gasteiger partial charge < -0.3 is 166 Å². The third kappa shape index (κ3) is 50.8. The van der Waals surface area contributed by atoms with Gasteiger partial charge in [0.05, 0.1) is 98.0 Å². The molecule has 46 heteroatoms. The number of carbonyl (C=O) groups is 13. The van der Waals surface area contributed by atoms with Crippen molar-refractivity contribution >= 4 is 77.1 Å². The Hall–Kier alpha value is -7.85. The standard InChI is InChI=1S/C90H159N11O35/c1-60(105)97-75-81(118)78(115)67(55-102)134-84(75)128-44-21-29-64(108)27-13-7-6-8-18-40-94-87(121)131-47-24-35-90(100-73(113)34-33-72(112)93-43-50-126-51-52-127-59-65(109)28-14-15-32-74(114)101-54-66(125-5)53-63(101)58-124-4,36-25-48-132-88(122)95-41-19-11-9-16-38-91-70(110)30-22-45-129-85-76(98-61(2)106)82(119)79(116)68(56-103)135-85)37-26-49-133-89(123)96-42-20-12-10-17-39-92-71(111)31-23-46-130-86-77(99-62(3)107)83(120)80(117)69(57-104)136-86/h63,66-69,75-86,102-104,115-120H,6-59H2,1-5H3,(H,91,110)(H,92,111)(H,93,112)(H,94,121)(H,95,122)(H,96,123)(H,97,105)(H,98,106)(H,99,107)(H,100,113)/t63-,66+,67?,68?,69?,75?,76?,77?,78?,79?,80?,81?,82?,83?,84?,85?,86?,90?/m1/s1. The van der Waals surface area contributed by atoms with E-state index in [1.165, 1.54) is 20.8 Å². The van der Waals surface area contributed by atoms with Crippen molar-refractivity contribution in [3.8, 4) is 0 Å². The van der Waals surface area contributed by atoms with Crippen LogP contribution in [0.1, 0.15) is 233 Å². The van der Waals surface area contributed by atoms with Gasteiger partial charge in [-0.05, 0) is 116 Å². The number of Topliss-reactive ketones (excluding diaryl/α,β-unsaturated/α-hetero) is 2. The second-order valence-electron chi connectivity index (χ2n) is 34.6. The SMILES string of the molecule is COC[C@H]1C[C@H](OC)CN1C(=O)CCCCC(=O)COCCOCCNC(=O)CCC(=O)NC(CCCOC(=O)NCCCCCCCC(=O)CCCOC1OC(CO)C(O)C(O)C1NC(C)=O)(CCCOC(=O)NCCCCCCNC(=O)CCCOC1OC(CO)C(O)C(O)C1NC(C)=O)CCCOC(=O)NCCCCCCNC(=O)CCCOC1OC(CO)C(O)C(O)C1NC(C)=O. The van der Waals surface area contributed by atoms with Crippen LogP contribution in [0.25, 0.3) is 0 Å². The smallest absolute Gasteiger partial charge is 0.407 e. The van der Waals surface area contributed by atoms with Crippen molar-refractivity contribution in [3.05, 3.63) is 0 Å². The van der Waals surface area contributed by atoms with E-state index in [1.54, 1.807) is 19.1 Å². The Morgan fingerprint density at radius 2 is 0.713 bits per heavy atom. The lowest BCUT2D eigenvalue weighted by molar-refractivity contribution is -0.270. The third-order valence-electron chi connectivity index (χ3n) is 23.4. The first-order valence-electron chi connectivity index (χ1n) is 48.2. The van der Waals surface area contributed by atoms with Crippen LogP contribution in [0.5, 0.6) is 0 Å². The van der Waals surface area contributed by atoms with Gasteiger partial charge in [0.1, 0.15) is 85.5 Å².